The summed E-state index contributed by atoms with van der Waals surface area (Å²) in [6.07, 6.45) is -2.40. The van der Waals surface area contributed by atoms with Crippen molar-refractivity contribution in [1.29, 1.82) is 0 Å². The third kappa shape index (κ3) is 2.93. The van der Waals surface area contributed by atoms with Crippen LogP contribution >= 0.6 is 0 Å². The molecule has 3 saturated heterocycles. The van der Waals surface area contributed by atoms with E-state index in [9.17, 15) is 4.79 Å². The topological polar surface area (TPSA) is 72.5 Å². The first kappa shape index (κ1) is 15.2. The molecule has 0 aliphatic carbocycles. The van der Waals surface area contributed by atoms with E-state index in [1.807, 2.05) is 13.8 Å². The summed E-state index contributed by atoms with van der Waals surface area (Å²) in [6.45, 7) is 9.00. The lowest BCUT2D eigenvalue weighted by atomic mass is 10.1. The Morgan fingerprint density at radius 2 is 1.76 bits per heavy atom. The number of hydrogen-bond acceptors (Lipinski definition) is 7. The SMILES string of the molecule is CC(=O)O[C@@H]1[C@H]([C@H]2COC(C)(C)O2)O[C@@H]2OC(C)(C)O[C@@H]21. The molecule has 0 saturated carbocycles. The van der Waals surface area contributed by atoms with Gasteiger partial charge in [-0.25, -0.2) is 0 Å². The predicted octanol–water partition coefficient (Wildman–Crippen LogP) is 0.946. The third-order valence-corrected chi connectivity index (χ3v) is 3.73. The van der Waals surface area contributed by atoms with Crippen LogP contribution in [0.3, 0.4) is 0 Å². The van der Waals surface area contributed by atoms with E-state index in [0.717, 1.165) is 0 Å². The predicted molar refractivity (Wildman–Crippen MR) is 69.2 cm³/mol. The minimum atomic E-state index is -0.759. The Kier molecular flexibility index (Phi) is 3.53. The molecular formula is C14H22O7. The van der Waals surface area contributed by atoms with Crippen molar-refractivity contribution in [2.75, 3.05) is 6.61 Å². The zero-order valence-electron chi connectivity index (χ0n) is 13.0. The molecular weight excluding hydrogens is 280 g/mol. The Bertz CT molecular complexity index is 433. The molecule has 3 fully saturated rings. The van der Waals surface area contributed by atoms with E-state index < -0.39 is 36.2 Å². The van der Waals surface area contributed by atoms with Crippen LogP contribution in [0.1, 0.15) is 34.6 Å². The number of esters is 1. The fraction of sp³-hybridized carbons (Fsp3) is 0.929. The second-order valence-corrected chi connectivity index (χ2v) is 6.51. The van der Waals surface area contributed by atoms with Gasteiger partial charge >= 0.3 is 5.97 Å². The number of carbonyl (C=O) groups excluding carboxylic acids is 1. The summed E-state index contributed by atoms with van der Waals surface area (Å²) < 4.78 is 34.2. The molecule has 0 unspecified atom stereocenters. The molecule has 0 bridgehead atoms. The summed E-state index contributed by atoms with van der Waals surface area (Å²) in [4.78, 5) is 11.4. The van der Waals surface area contributed by atoms with Crippen LogP contribution in [0.25, 0.3) is 0 Å². The van der Waals surface area contributed by atoms with Gasteiger partial charge in [0.1, 0.15) is 12.2 Å². The molecule has 120 valence electrons. The van der Waals surface area contributed by atoms with Gasteiger partial charge in [-0.2, -0.15) is 0 Å². The van der Waals surface area contributed by atoms with Crippen molar-refractivity contribution in [3.8, 4) is 0 Å². The maximum absolute atomic E-state index is 11.4. The zero-order valence-corrected chi connectivity index (χ0v) is 13.0. The molecule has 3 aliphatic heterocycles. The number of rotatable bonds is 2. The zero-order chi connectivity index (χ0) is 15.4. The first-order chi connectivity index (χ1) is 9.67. The van der Waals surface area contributed by atoms with Crippen LogP contribution < -0.4 is 0 Å². The third-order valence-electron chi connectivity index (χ3n) is 3.73. The van der Waals surface area contributed by atoms with Crippen molar-refractivity contribution < 1.29 is 33.2 Å². The van der Waals surface area contributed by atoms with Crippen molar-refractivity contribution in [2.45, 2.75) is 76.9 Å². The van der Waals surface area contributed by atoms with Gasteiger partial charge in [-0.15, -0.1) is 0 Å². The molecule has 3 aliphatic rings. The van der Waals surface area contributed by atoms with Crippen LogP contribution in [0, 0.1) is 0 Å². The number of ether oxygens (including phenoxy) is 6. The Morgan fingerprint density at radius 3 is 2.33 bits per heavy atom. The first-order valence-corrected chi connectivity index (χ1v) is 7.17. The van der Waals surface area contributed by atoms with E-state index >= 15 is 0 Å². The van der Waals surface area contributed by atoms with Crippen molar-refractivity contribution in [3.63, 3.8) is 0 Å². The van der Waals surface area contributed by atoms with Crippen LogP contribution in [0.5, 0.6) is 0 Å². The van der Waals surface area contributed by atoms with Crippen molar-refractivity contribution >= 4 is 5.97 Å². The quantitative estimate of drug-likeness (QED) is 0.703. The molecule has 7 heteroatoms. The molecule has 0 aromatic carbocycles. The minimum absolute atomic E-state index is 0.328. The molecule has 0 amide bonds. The lowest BCUT2D eigenvalue weighted by molar-refractivity contribution is -0.235. The van der Waals surface area contributed by atoms with Gasteiger partial charge in [-0.05, 0) is 27.7 Å². The molecule has 3 rings (SSSR count). The van der Waals surface area contributed by atoms with Gasteiger partial charge in [0.25, 0.3) is 0 Å². The molecule has 0 N–H and O–H groups in total. The summed E-state index contributed by atoms with van der Waals surface area (Å²) in [7, 11) is 0. The smallest absolute Gasteiger partial charge is 0.303 e. The summed E-state index contributed by atoms with van der Waals surface area (Å²) >= 11 is 0. The highest BCUT2D eigenvalue weighted by Gasteiger charge is 2.59. The first-order valence-electron chi connectivity index (χ1n) is 7.17. The van der Waals surface area contributed by atoms with Gasteiger partial charge in [0.15, 0.2) is 30.1 Å². The van der Waals surface area contributed by atoms with Gasteiger partial charge < -0.3 is 28.4 Å². The van der Waals surface area contributed by atoms with Gasteiger partial charge in [0.05, 0.1) is 6.61 Å². The fourth-order valence-corrected chi connectivity index (χ4v) is 3.01. The number of carbonyl (C=O) groups is 1. The van der Waals surface area contributed by atoms with Crippen LogP contribution in [0.4, 0.5) is 0 Å². The van der Waals surface area contributed by atoms with Gasteiger partial charge in [-0.3, -0.25) is 4.79 Å². The molecule has 0 spiro atoms. The maximum atomic E-state index is 11.4. The molecule has 0 aromatic rings. The Labute approximate surface area is 123 Å². The summed E-state index contributed by atoms with van der Waals surface area (Å²) in [6, 6.07) is 0. The van der Waals surface area contributed by atoms with Crippen molar-refractivity contribution in [2.24, 2.45) is 0 Å². The van der Waals surface area contributed by atoms with E-state index in [1.165, 1.54) is 6.92 Å². The largest absolute Gasteiger partial charge is 0.457 e. The van der Waals surface area contributed by atoms with Crippen LogP contribution in [0.2, 0.25) is 0 Å². The van der Waals surface area contributed by atoms with Crippen molar-refractivity contribution in [3.05, 3.63) is 0 Å². The standard InChI is InChI=1S/C14H22O7/c1-7(15)17-10-9(8-6-16-13(2,3)19-8)18-12-11(10)20-14(4,5)21-12/h8-12H,6H2,1-5H3/t8-,9+,10-,11-,12-/m1/s1. The Hall–Kier alpha value is -0.730. The summed E-state index contributed by atoms with van der Waals surface area (Å²) in [5.74, 6) is -1.82. The number of fused-ring (bicyclic) bond motifs is 1. The monoisotopic (exact) mass is 302 g/mol. The Balaban J connectivity index is 1.77. The molecule has 0 aromatic heterocycles. The van der Waals surface area contributed by atoms with E-state index in [4.69, 9.17) is 28.4 Å². The summed E-state index contributed by atoms with van der Waals surface area (Å²) in [5, 5.41) is 0. The second kappa shape index (κ2) is 4.89. The van der Waals surface area contributed by atoms with E-state index in [1.54, 1.807) is 13.8 Å². The highest BCUT2D eigenvalue weighted by atomic mass is 16.8. The highest BCUT2D eigenvalue weighted by molar-refractivity contribution is 5.66. The maximum Gasteiger partial charge on any atom is 0.303 e. The lowest BCUT2D eigenvalue weighted by Gasteiger charge is -2.28. The van der Waals surface area contributed by atoms with E-state index in [0.29, 0.717) is 6.61 Å². The highest BCUT2D eigenvalue weighted by Crippen LogP contribution is 2.41. The molecule has 3 heterocycles. The molecule has 5 atom stereocenters. The van der Waals surface area contributed by atoms with E-state index in [2.05, 4.69) is 0 Å². The van der Waals surface area contributed by atoms with Crippen LogP contribution in [-0.4, -0.2) is 54.9 Å². The van der Waals surface area contributed by atoms with Gasteiger partial charge in [0, 0.05) is 6.92 Å². The molecule has 0 radical (unpaired) electrons. The van der Waals surface area contributed by atoms with Crippen molar-refractivity contribution in [1.82, 2.24) is 0 Å². The second-order valence-electron chi connectivity index (χ2n) is 6.51. The minimum Gasteiger partial charge on any atom is -0.457 e. The average Bonchev–Trinajstić information content (AvgIpc) is 2.90. The number of hydrogen-bond donors (Lipinski definition) is 0. The lowest BCUT2D eigenvalue weighted by Crippen LogP contribution is -2.44. The van der Waals surface area contributed by atoms with Crippen LogP contribution in [-0.2, 0) is 33.2 Å². The Morgan fingerprint density at radius 1 is 1.05 bits per heavy atom. The van der Waals surface area contributed by atoms with Gasteiger partial charge in [-0.1, -0.05) is 0 Å². The average molecular weight is 302 g/mol. The van der Waals surface area contributed by atoms with E-state index in [-0.39, 0.29) is 12.1 Å². The molecule has 21 heavy (non-hydrogen) atoms. The summed E-state index contributed by atoms with van der Waals surface area (Å²) in [5.41, 5.74) is 0. The fourth-order valence-electron chi connectivity index (χ4n) is 3.01. The van der Waals surface area contributed by atoms with Crippen LogP contribution in [0.15, 0.2) is 0 Å². The normalized spacial score (nSPS) is 43.8. The molecule has 7 nitrogen and oxygen atoms in total. The van der Waals surface area contributed by atoms with Gasteiger partial charge in [0.2, 0.25) is 0 Å².